The van der Waals surface area contributed by atoms with E-state index in [9.17, 15) is 4.79 Å². The van der Waals surface area contributed by atoms with E-state index in [1.165, 1.54) is 5.56 Å². The third kappa shape index (κ3) is 2.25. The third-order valence-electron chi connectivity index (χ3n) is 3.03. The van der Waals surface area contributed by atoms with Gasteiger partial charge in [-0.25, -0.2) is 4.79 Å². The van der Waals surface area contributed by atoms with Crippen molar-refractivity contribution in [3.8, 4) is 0 Å². The first-order valence-corrected chi connectivity index (χ1v) is 5.54. The number of nitrogens with two attached hydrogens (primary N) is 1. The van der Waals surface area contributed by atoms with Gasteiger partial charge in [-0.1, -0.05) is 45.0 Å². The van der Waals surface area contributed by atoms with E-state index in [4.69, 9.17) is 10.8 Å². The van der Waals surface area contributed by atoms with Crippen molar-refractivity contribution in [3.05, 3.63) is 35.4 Å². The summed E-state index contributed by atoms with van der Waals surface area (Å²) in [4.78, 5) is 11.1. The van der Waals surface area contributed by atoms with E-state index in [1.54, 1.807) is 6.92 Å². The van der Waals surface area contributed by atoms with Crippen molar-refractivity contribution >= 4 is 5.97 Å². The average molecular weight is 221 g/mol. The van der Waals surface area contributed by atoms with E-state index in [2.05, 4.69) is 13.8 Å². The van der Waals surface area contributed by atoms with Gasteiger partial charge in [0.25, 0.3) is 0 Å². The molecule has 3 N–H and O–H groups in total. The molecule has 1 rings (SSSR count). The van der Waals surface area contributed by atoms with Gasteiger partial charge in [0.2, 0.25) is 0 Å². The van der Waals surface area contributed by atoms with Crippen LogP contribution >= 0.6 is 0 Å². The molecule has 0 saturated heterocycles. The molecule has 1 aromatic carbocycles. The maximum Gasteiger partial charge on any atom is 0.328 e. The molecule has 0 aliphatic rings. The zero-order chi connectivity index (χ0) is 12.3. The smallest absolute Gasteiger partial charge is 0.328 e. The molecule has 0 aliphatic carbocycles. The topological polar surface area (TPSA) is 63.3 Å². The van der Waals surface area contributed by atoms with Crippen molar-refractivity contribution < 1.29 is 9.90 Å². The van der Waals surface area contributed by atoms with Gasteiger partial charge in [0.15, 0.2) is 0 Å². The molecule has 3 heteroatoms. The summed E-state index contributed by atoms with van der Waals surface area (Å²) in [6.45, 7) is 5.98. The molecule has 0 spiro atoms. The monoisotopic (exact) mass is 221 g/mol. The van der Waals surface area contributed by atoms with Crippen molar-refractivity contribution in [2.45, 2.75) is 38.6 Å². The van der Waals surface area contributed by atoms with Crippen molar-refractivity contribution in [2.75, 3.05) is 0 Å². The summed E-state index contributed by atoms with van der Waals surface area (Å²) >= 11 is 0. The summed E-state index contributed by atoms with van der Waals surface area (Å²) in [7, 11) is 0. The lowest BCUT2D eigenvalue weighted by atomic mass is 9.87. The Hall–Kier alpha value is -1.35. The van der Waals surface area contributed by atoms with E-state index < -0.39 is 11.5 Å². The Labute approximate surface area is 96.3 Å². The molecule has 3 nitrogen and oxygen atoms in total. The Bertz CT molecular complexity index is 370. The number of benzene rings is 1. The minimum atomic E-state index is -1.27. The van der Waals surface area contributed by atoms with Crippen molar-refractivity contribution in [1.29, 1.82) is 0 Å². The molecule has 0 fully saturated rings. The van der Waals surface area contributed by atoms with Crippen LogP contribution in [-0.4, -0.2) is 11.1 Å². The van der Waals surface area contributed by atoms with Crippen LogP contribution in [0.5, 0.6) is 0 Å². The average Bonchev–Trinajstić information content (AvgIpc) is 2.27. The molecular weight excluding hydrogens is 202 g/mol. The van der Waals surface area contributed by atoms with Gasteiger partial charge in [0.05, 0.1) is 0 Å². The number of carbonyl (C=O) groups is 1. The number of carboxylic acids is 1. The molecule has 16 heavy (non-hydrogen) atoms. The van der Waals surface area contributed by atoms with Crippen LogP contribution in [-0.2, 0) is 10.3 Å². The fourth-order valence-corrected chi connectivity index (χ4v) is 1.64. The van der Waals surface area contributed by atoms with Gasteiger partial charge >= 0.3 is 5.97 Å². The minimum Gasteiger partial charge on any atom is -0.480 e. The van der Waals surface area contributed by atoms with Gasteiger partial charge in [0.1, 0.15) is 5.54 Å². The molecule has 0 radical (unpaired) electrons. The Balaban J connectivity index is 3.09. The van der Waals surface area contributed by atoms with Crippen molar-refractivity contribution in [1.82, 2.24) is 0 Å². The summed E-state index contributed by atoms with van der Waals surface area (Å²) in [5.41, 5.74) is 6.47. The van der Waals surface area contributed by atoms with E-state index in [0.717, 1.165) is 0 Å². The number of rotatable bonds is 4. The van der Waals surface area contributed by atoms with Crippen LogP contribution in [0.25, 0.3) is 0 Å². The quantitative estimate of drug-likeness (QED) is 0.820. The predicted octanol–water partition coefficient (Wildman–Crippen LogP) is 2.46. The number of hydrogen-bond donors (Lipinski definition) is 2. The first-order valence-electron chi connectivity index (χ1n) is 5.54. The highest BCUT2D eigenvalue weighted by atomic mass is 16.4. The zero-order valence-corrected chi connectivity index (χ0v) is 10.0. The molecular formula is C13H19NO2. The van der Waals surface area contributed by atoms with Gasteiger partial charge < -0.3 is 10.8 Å². The first kappa shape index (κ1) is 12.7. The Morgan fingerprint density at radius 3 is 2.19 bits per heavy atom. The second-order valence-electron chi connectivity index (χ2n) is 4.41. The SMILES string of the molecule is CCC(N)(C(=O)O)c1ccc(C(C)C)cc1. The maximum absolute atomic E-state index is 11.1. The minimum absolute atomic E-state index is 0.378. The van der Waals surface area contributed by atoms with E-state index >= 15 is 0 Å². The van der Waals surface area contributed by atoms with Crippen LogP contribution in [0.3, 0.4) is 0 Å². The molecule has 0 aliphatic heterocycles. The highest BCUT2D eigenvalue weighted by molar-refractivity contribution is 5.80. The molecule has 0 aromatic heterocycles. The molecule has 1 aromatic rings. The fraction of sp³-hybridized carbons (Fsp3) is 0.462. The predicted molar refractivity (Wildman–Crippen MR) is 64.3 cm³/mol. The molecule has 1 unspecified atom stereocenters. The molecule has 1 atom stereocenters. The van der Waals surface area contributed by atoms with E-state index in [-0.39, 0.29) is 0 Å². The van der Waals surface area contributed by atoms with Crippen LogP contribution in [0.4, 0.5) is 0 Å². The number of carboxylic acid groups (broad SMARTS) is 1. The fourth-order valence-electron chi connectivity index (χ4n) is 1.64. The van der Waals surface area contributed by atoms with Crippen LogP contribution in [0.15, 0.2) is 24.3 Å². The summed E-state index contributed by atoms with van der Waals surface area (Å²) in [6, 6.07) is 7.51. The van der Waals surface area contributed by atoms with Crippen molar-refractivity contribution in [3.63, 3.8) is 0 Å². The van der Waals surface area contributed by atoms with Gasteiger partial charge in [-0.05, 0) is 23.5 Å². The largest absolute Gasteiger partial charge is 0.480 e. The summed E-state index contributed by atoms with van der Waals surface area (Å²) in [6.07, 6.45) is 0.378. The Morgan fingerprint density at radius 1 is 1.38 bits per heavy atom. The van der Waals surface area contributed by atoms with Gasteiger partial charge in [-0.15, -0.1) is 0 Å². The Kier molecular flexibility index (Phi) is 3.70. The summed E-state index contributed by atoms with van der Waals surface area (Å²) in [5, 5.41) is 9.14. The summed E-state index contributed by atoms with van der Waals surface area (Å²) < 4.78 is 0. The molecule has 0 saturated carbocycles. The van der Waals surface area contributed by atoms with E-state index in [0.29, 0.717) is 17.9 Å². The number of aliphatic carboxylic acids is 1. The van der Waals surface area contributed by atoms with Crippen molar-refractivity contribution in [2.24, 2.45) is 5.73 Å². The Morgan fingerprint density at radius 2 is 1.88 bits per heavy atom. The van der Waals surface area contributed by atoms with Crippen LogP contribution in [0.1, 0.15) is 44.2 Å². The van der Waals surface area contributed by atoms with Gasteiger partial charge in [-0.3, -0.25) is 0 Å². The summed E-state index contributed by atoms with van der Waals surface area (Å²) in [5.74, 6) is -0.542. The lowest BCUT2D eigenvalue weighted by Gasteiger charge is -2.23. The van der Waals surface area contributed by atoms with E-state index in [1.807, 2.05) is 24.3 Å². The maximum atomic E-state index is 11.1. The van der Waals surface area contributed by atoms with Crippen LogP contribution in [0.2, 0.25) is 0 Å². The first-order chi connectivity index (χ1) is 7.41. The molecule has 88 valence electrons. The number of hydrogen-bond acceptors (Lipinski definition) is 2. The van der Waals surface area contributed by atoms with Gasteiger partial charge in [0, 0.05) is 0 Å². The third-order valence-corrected chi connectivity index (χ3v) is 3.03. The van der Waals surface area contributed by atoms with Crippen LogP contribution in [0, 0.1) is 0 Å². The second-order valence-corrected chi connectivity index (χ2v) is 4.41. The normalized spacial score (nSPS) is 14.8. The molecule has 0 bridgehead atoms. The lowest BCUT2D eigenvalue weighted by Crippen LogP contribution is -2.44. The zero-order valence-electron chi connectivity index (χ0n) is 10.0. The molecule has 0 heterocycles. The molecule has 0 amide bonds. The van der Waals surface area contributed by atoms with Crippen LogP contribution < -0.4 is 5.73 Å². The lowest BCUT2D eigenvalue weighted by molar-refractivity contribution is -0.143. The van der Waals surface area contributed by atoms with Gasteiger partial charge in [-0.2, -0.15) is 0 Å². The highest BCUT2D eigenvalue weighted by Gasteiger charge is 2.33. The second kappa shape index (κ2) is 4.66. The highest BCUT2D eigenvalue weighted by Crippen LogP contribution is 2.24. The standard InChI is InChI=1S/C13H19NO2/c1-4-13(14,12(15)16)11-7-5-10(6-8-11)9(2)3/h5-9H,4,14H2,1-3H3,(H,15,16).